The molecule has 1 atom stereocenters. The third-order valence-electron chi connectivity index (χ3n) is 5.22. The van der Waals surface area contributed by atoms with Crippen molar-refractivity contribution in [2.75, 3.05) is 52.5 Å². The van der Waals surface area contributed by atoms with Crippen LogP contribution in [0.25, 0.3) is 0 Å². The van der Waals surface area contributed by atoms with E-state index in [9.17, 15) is 15.2 Å². The molecule has 1 unspecified atom stereocenters. The van der Waals surface area contributed by atoms with E-state index in [1.165, 1.54) is 12.1 Å². The summed E-state index contributed by atoms with van der Waals surface area (Å²) in [6.07, 6.45) is 1.59. The van der Waals surface area contributed by atoms with E-state index in [0.717, 1.165) is 58.8 Å². The average molecular weight is 349 g/mol. The molecule has 138 valence electrons. The van der Waals surface area contributed by atoms with E-state index in [2.05, 4.69) is 9.80 Å². The molecule has 2 heterocycles. The second-order valence-corrected chi connectivity index (χ2v) is 7.02. The maximum atomic E-state index is 10.9. The lowest BCUT2D eigenvalue weighted by atomic mass is 9.95. The lowest BCUT2D eigenvalue weighted by molar-refractivity contribution is -0.385. The van der Waals surface area contributed by atoms with Crippen LogP contribution in [0.5, 0.6) is 0 Å². The van der Waals surface area contributed by atoms with Gasteiger partial charge in [0.1, 0.15) is 0 Å². The molecule has 7 heteroatoms. The number of likely N-dealkylation sites (tertiary alicyclic amines) is 1. The van der Waals surface area contributed by atoms with Gasteiger partial charge >= 0.3 is 0 Å². The molecule has 0 radical (unpaired) electrons. The van der Waals surface area contributed by atoms with E-state index < -0.39 is 11.0 Å². The van der Waals surface area contributed by atoms with Crippen LogP contribution >= 0.6 is 0 Å². The molecule has 2 aliphatic heterocycles. The number of non-ortho nitro benzene ring substituents is 1. The van der Waals surface area contributed by atoms with Crippen molar-refractivity contribution in [3.05, 3.63) is 39.9 Å². The number of hydrogen-bond donors (Lipinski definition) is 1. The summed E-state index contributed by atoms with van der Waals surface area (Å²) >= 11 is 0. The average Bonchev–Trinajstić information content (AvgIpc) is 2.64. The zero-order valence-electron chi connectivity index (χ0n) is 14.5. The van der Waals surface area contributed by atoms with E-state index in [1.807, 2.05) is 0 Å². The summed E-state index contributed by atoms with van der Waals surface area (Å²) in [4.78, 5) is 15.2. The van der Waals surface area contributed by atoms with Gasteiger partial charge in [-0.05, 0) is 37.4 Å². The van der Waals surface area contributed by atoms with Crippen molar-refractivity contribution < 1.29 is 14.8 Å². The molecule has 1 aromatic carbocycles. The maximum absolute atomic E-state index is 10.9. The number of nitro groups is 1. The summed E-state index contributed by atoms with van der Waals surface area (Å²) in [5.74, 6) is 0.712. The van der Waals surface area contributed by atoms with Crippen molar-refractivity contribution in [3.63, 3.8) is 0 Å². The number of aliphatic hydroxyl groups excluding tert-OH is 1. The number of piperidine rings is 1. The van der Waals surface area contributed by atoms with E-state index in [0.29, 0.717) is 18.0 Å². The number of aliphatic hydroxyl groups is 1. The largest absolute Gasteiger partial charge is 0.387 e. The molecule has 3 rings (SSSR count). The molecule has 0 spiro atoms. The highest BCUT2D eigenvalue weighted by molar-refractivity contribution is 5.35. The summed E-state index contributed by atoms with van der Waals surface area (Å²) in [5.41, 5.74) is 0.644. The van der Waals surface area contributed by atoms with Gasteiger partial charge in [-0.3, -0.25) is 15.0 Å². The zero-order valence-corrected chi connectivity index (χ0v) is 14.5. The third kappa shape index (κ3) is 5.22. The standard InChI is InChI=1S/C18H27N3O4/c22-18(16-2-1-3-17(12-16)21(23)24)14-19-6-4-15(5-7-19)13-20-8-10-25-11-9-20/h1-3,12,15,18,22H,4-11,13-14H2. The van der Waals surface area contributed by atoms with Gasteiger partial charge in [-0.25, -0.2) is 0 Å². The Morgan fingerprint density at radius 3 is 2.60 bits per heavy atom. The molecular formula is C18H27N3O4. The summed E-state index contributed by atoms with van der Waals surface area (Å²) in [7, 11) is 0. The second-order valence-electron chi connectivity index (χ2n) is 7.02. The number of benzene rings is 1. The normalized spacial score (nSPS) is 22.0. The van der Waals surface area contributed by atoms with E-state index in [1.54, 1.807) is 12.1 Å². The first-order valence-corrected chi connectivity index (χ1v) is 9.06. The van der Waals surface area contributed by atoms with Crippen LogP contribution in [0.3, 0.4) is 0 Å². The Hall–Kier alpha value is -1.54. The van der Waals surface area contributed by atoms with Gasteiger partial charge in [0.2, 0.25) is 0 Å². The monoisotopic (exact) mass is 349 g/mol. The number of nitro benzene ring substituents is 1. The van der Waals surface area contributed by atoms with Crippen LogP contribution in [0.2, 0.25) is 0 Å². The minimum Gasteiger partial charge on any atom is -0.387 e. The van der Waals surface area contributed by atoms with Crippen LogP contribution in [0.15, 0.2) is 24.3 Å². The van der Waals surface area contributed by atoms with Gasteiger partial charge in [0.05, 0.1) is 24.2 Å². The lowest BCUT2D eigenvalue weighted by Gasteiger charge is -2.36. The fourth-order valence-corrected chi connectivity index (χ4v) is 3.70. The topological polar surface area (TPSA) is 79.1 Å². The van der Waals surface area contributed by atoms with Crippen molar-refractivity contribution in [2.45, 2.75) is 18.9 Å². The molecular weight excluding hydrogens is 322 g/mol. The van der Waals surface area contributed by atoms with Gasteiger partial charge in [0.25, 0.3) is 5.69 Å². The smallest absolute Gasteiger partial charge is 0.269 e. The third-order valence-corrected chi connectivity index (χ3v) is 5.22. The SMILES string of the molecule is O=[N+]([O-])c1cccc(C(O)CN2CCC(CN3CCOCC3)CC2)c1. The Kier molecular flexibility index (Phi) is 6.36. The van der Waals surface area contributed by atoms with Gasteiger partial charge in [-0.1, -0.05) is 12.1 Å². The fourth-order valence-electron chi connectivity index (χ4n) is 3.70. The van der Waals surface area contributed by atoms with Crippen molar-refractivity contribution >= 4 is 5.69 Å². The Labute approximate surface area is 148 Å². The fraction of sp³-hybridized carbons (Fsp3) is 0.667. The number of hydrogen-bond acceptors (Lipinski definition) is 6. The van der Waals surface area contributed by atoms with Crippen molar-refractivity contribution in [3.8, 4) is 0 Å². The molecule has 0 bridgehead atoms. The number of nitrogens with zero attached hydrogens (tertiary/aromatic N) is 3. The van der Waals surface area contributed by atoms with Crippen LogP contribution < -0.4 is 0 Å². The minimum atomic E-state index is -0.685. The lowest BCUT2D eigenvalue weighted by Crippen LogP contribution is -2.43. The van der Waals surface area contributed by atoms with Gasteiger partial charge in [-0.2, -0.15) is 0 Å². The van der Waals surface area contributed by atoms with E-state index in [4.69, 9.17) is 4.74 Å². The van der Waals surface area contributed by atoms with Crippen LogP contribution in [0.4, 0.5) is 5.69 Å². The molecule has 0 aliphatic carbocycles. The van der Waals surface area contributed by atoms with Gasteiger partial charge in [0.15, 0.2) is 0 Å². The maximum Gasteiger partial charge on any atom is 0.269 e. The first-order valence-electron chi connectivity index (χ1n) is 9.06. The van der Waals surface area contributed by atoms with Crippen LogP contribution in [0, 0.1) is 16.0 Å². The second kappa shape index (κ2) is 8.71. The molecule has 7 nitrogen and oxygen atoms in total. The first kappa shape index (κ1) is 18.3. The van der Waals surface area contributed by atoms with Gasteiger partial charge in [0, 0.05) is 38.3 Å². The number of rotatable bonds is 6. The molecule has 0 aromatic heterocycles. The van der Waals surface area contributed by atoms with Crippen molar-refractivity contribution in [1.82, 2.24) is 9.80 Å². The van der Waals surface area contributed by atoms with E-state index in [-0.39, 0.29) is 5.69 Å². The highest BCUT2D eigenvalue weighted by atomic mass is 16.6. The number of ether oxygens (including phenoxy) is 1. The quantitative estimate of drug-likeness (QED) is 0.622. The predicted molar refractivity (Wildman–Crippen MR) is 94.5 cm³/mol. The van der Waals surface area contributed by atoms with Crippen LogP contribution in [-0.4, -0.2) is 72.3 Å². The van der Waals surface area contributed by atoms with Crippen LogP contribution in [0.1, 0.15) is 24.5 Å². The Morgan fingerprint density at radius 1 is 1.20 bits per heavy atom. The summed E-state index contributed by atoms with van der Waals surface area (Å²) in [6.45, 7) is 7.37. The summed E-state index contributed by atoms with van der Waals surface area (Å²) in [5, 5.41) is 21.3. The molecule has 1 aromatic rings. The molecule has 0 saturated carbocycles. The molecule has 2 saturated heterocycles. The zero-order chi connectivity index (χ0) is 17.6. The highest BCUT2D eigenvalue weighted by Gasteiger charge is 2.24. The van der Waals surface area contributed by atoms with Crippen molar-refractivity contribution in [2.24, 2.45) is 5.92 Å². The Balaban J connectivity index is 1.45. The molecule has 0 amide bonds. The Bertz CT molecular complexity index is 569. The van der Waals surface area contributed by atoms with Crippen LogP contribution in [-0.2, 0) is 4.74 Å². The molecule has 2 aliphatic rings. The predicted octanol–water partition coefficient (Wildman–Crippen LogP) is 1.67. The van der Waals surface area contributed by atoms with Crippen molar-refractivity contribution in [1.29, 1.82) is 0 Å². The first-order chi connectivity index (χ1) is 12.1. The van der Waals surface area contributed by atoms with Gasteiger partial charge < -0.3 is 14.7 Å². The summed E-state index contributed by atoms with van der Waals surface area (Å²) < 4.78 is 5.40. The van der Waals surface area contributed by atoms with Gasteiger partial charge in [-0.15, -0.1) is 0 Å². The summed E-state index contributed by atoms with van der Waals surface area (Å²) in [6, 6.07) is 6.30. The molecule has 25 heavy (non-hydrogen) atoms. The number of morpholine rings is 1. The van der Waals surface area contributed by atoms with E-state index >= 15 is 0 Å². The Morgan fingerprint density at radius 2 is 1.92 bits per heavy atom. The number of β-amino-alcohol motifs (C(OH)–C–C–N with tert-alkyl or cyclic N) is 1. The minimum absolute atomic E-state index is 0.0285. The molecule has 2 fully saturated rings. The molecule has 1 N–H and O–H groups in total. The highest BCUT2D eigenvalue weighted by Crippen LogP contribution is 2.23.